The molecule has 186 valence electrons. The fraction of sp³-hybridized carbons (Fsp3) is 0.360. The minimum absolute atomic E-state index is 0.139. The summed E-state index contributed by atoms with van der Waals surface area (Å²) < 4.78 is 34.4. The van der Waals surface area contributed by atoms with Gasteiger partial charge in [-0.15, -0.1) is 0 Å². The van der Waals surface area contributed by atoms with E-state index in [0.29, 0.717) is 23.6 Å². The number of carbonyl (C=O) groups excluding carboxylic acids is 3. The maximum atomic E-state index is 13.6. The van der Waals surface area contributed by atoms with Crippen molar-refractivity contribution in [2.75, 3.05) is 13.2 Å². The fourth-order valence-corrected chi connectivity index (χ4v) is 4.15. The van der Waals surface area contributed by atoms with Crippen molar-refractivity contribution < 1.29 is 27.9 Å². The molecule has 0 aromatic carbocycles. The molecule has 36 heavy (non-hydrogen) atoms. The molecule has 3 aromatic heterocycles. The Morgan fingerprint density at radius 2 is 2.06 bits per heavy atom. The second kappa shape index (κ2) is 10.2. The lowest BCUT2D eigenvalue weighted by Gasteiger charge is -2.19. The molecule has 11 heteroatoms. The number of rotatable bonds is 9. The summed E-state index contributed by atoms with van der Waals surface area (Å²) in [6.07, 6.45) is 4.69. The molecule has 0 saturated carbocycles. The van der Waals surface area contributed by atoms with Crippen LogP contribution in [0.1, 0.15) is 52.6 Å². The number of likely N-dealkylation sites (tertiary alicyclic amines) is 1. The van der Waals surface area contributed by atoms with Crippen LogP contribution in [-0.2, 0) is 11.2 Å². The SMILES string of the molecule is CCOc1ccn2cc(C(=O)Cc3cnccc3C(=O)CCC(=O)N3CC(F)(F)C[C@H]3C#N)nc2c1. The first-order valence-corrected chi connectivity index (χ1v) is 11.4. The van der Waals surface area contributed by atoms with Crippen LogP contribution in [0.4, 0.5) is 8.78 Å². The molecule has 1 atom stereocenters. The van der Waals surface area contributed by atoms with Gasteiger partial charge in [0, 0.05) is 62.1 Å². The van der Waals surface area contributed by atoms with Crippen LogP contribution < -0.4 is 4.74 Å². The van der Waals surface area contributed by atoms with Crippen molar-refractivity contribution in [1.29, 1.82) is 5.26 Å². The molecule has 9 nitrogen and oxygen atoms in total. The van der Waals surface area contributed by atoms with Gasteiger partial charge >= 0.3 is 0 Å². The third kappa shape index (κ3) is 5.38. The Hall–Kier alpha value is -4.20. The minimum atomic E-state index is -3.12. The van der Waals surface area contributed by atoms with Gasteiger partial charge in [0.1, 0.15) is 23.1 Å². The van der Waals surface area contributed by atoms with Crippen LogP contribution in [0, 0.1) is 11.3 Å². The van der Waals surface area contributed by atoms with E-state index in [2.05, 4.69) is 9.97 Å². The molecule has 0 bridgehead atoms. The number of ketones is 2. The quantitative estimate of drug-likeness (QED) is 0.418. The number of Topliss-reactive ketones (excluding diaryl/α,β-unsaturated/α-hetero) is 2. The maximum Gasteiger partial charge on any atom is 0.268 e. The zero-order chi connectivity index (χ0) is 25.9. The summed E-state index contributed by atoms with van der Waals surface area (Å²) in [7, 11) is 0. The molecular formula is C25H23F2N5O4. The van der Waals surface area contributed by atoms with Crippen molar-refractivity contribution in [2.24, 2.45) is 0 Å². The molecule has 0 unspecified atom stereocenters. The molecule has 3 aromatic rings. The number of alkyl halides is 2. The number of hydrogen-bond donors (Lipinski definition) is 0. The predicted molar refractivity (Wildman–Crippen MR) is 123 cm³/mol. The second-order valence-electron chi connectivity index (χ2n) is 8.47. The summed E-state index contributed by atoms with van der Waals surface area (Å²) in [4.78, 5) is 47.4. The van der Waals surface area contributed by atoms with Crippen LogP contribution in [0.15, 0.2) is 43.0 Å². The van der Waals surface area contributed by atoms with Crippen LogP contribution >= 0.6 is 0 Å². The van der Waals surface area contributed by atoms with Crippen LogP contribution in [0.2, 0.25) is 0 Å². The Labute approximate surface area is 205 Å². The Bertz CT molecular complexity index is 1360. The lowest BCUT2D eigenvalue weighted by atomic mass is 9.98. The number of fused-ring (bicyclic) bond motifs is 1. The molecule has 0 N–H and O–H groups in total. The lowest BCUT2D eigenvalue weighted by Crippen LogP contribution is -2.36. The number of nitrogens with zero attached hydrogens (tertiary/aromatic N) is 5. The van der Waals surface area contributed by atoms with Crippen LogP contribution in [0.25, 0.3) is 5.65 Å². The molecule has 4 heterocycles. The number of halogens is 2. The molecule has 1 aliphatic heterocycles. The van der Waals surface area contributed by atoms with Crippen molar-refractivity contribution >= 4 is 23.1 Å². The molecule has 4 rings (SSSR count). The summed E-state index contributed by atoms with van der Waals surface area (Å²) in [6.45, 7) is 1.52. The zero-order valence-electron chi connectivity index (χ0n) is 19.5. The van der Waals surface area contributed by atoms with E-state index in [4.69, 9.17) is 10.00 Å². The van der Waals surface area contributed by atoms with Gasteiger partial charge in [0.05, 0.1) is 19.2 Å². The largest absolute Gasteiger partial charge is 0.494 e. The number of amides is 1. The van der Waals surface area contributed by atoms with Gasteiger partial charge in [-0.1, -0.05) is 0 Å². The monoisotopic (exact) mass is 495 g/mol. The summed E-state index contributed by atoms with van der Waals surface area (Å²) in [6, 6.07) is 5.42. The zero-order valence-corrected chi connectivity index (χ0v) is 19.5. The van der Waals surface area contributed by atoms with E-state index in [9.17, 15) is 23.2 Å². The smallest absolute Gasteiger partial charge is 0.268 e. The number of carbonyl (C=O) groups is 3. The number of imidazole rings is 1. The highest BCUT2D eigenvalue weighted by atomic mass is 19.3. The average Bonchev–Trinajstić information content (AvgIpc) is 3.42. The first-order valence-electron chi connectivity index (χ1n) is 11.4. The number of hydrogen-bond acceptors (Lipinski definition) is 7. The summed E-state index contributed by atoms with van der Waals surface area (Å²) in [5, 5.41) is 9.08. The average molecular weight is 495 g/mol. The van der Waals surface area contributed by atoms with Crippen LogP contribution in [-0.4, -0.2) is 61.9 Å². The van der Waals surface area contributed by atoms with Gasteiger partial charge in [0.2, 0.25) is 5.91 Å². The van der Waals surface area contributed by atoms with Crippen molar-refractivity contribution in [1.82, 2.24) is 19.3 Å². The van der Waals surface area contributed by atoms with Crippen LogP contribution in [0.3, 0.4) is 0 Å². The highest BCUT2D eigenvalue weighted by molar-refractivity contribution is 6.02. The van der Waals surface area contributed by atoms with Crippen molar-refractivity contribution in [3.63, 3.8) is 0 Å². The maximum absolute atomic E-state index is 13.6. The third-order valence-electron chi connectivity index (χ3n) is 5.89. The highest BCUT2D eigenvalue weighted by Crippen LogP contribution is 2.32. The molecule has 1 aliphatic rings. The number of ether oxygens (including phenoxy) is 1. The molecule has 1 fully saturated rings. The Balaban J connectivity index is 1.43. The number of aromatic nitrogens is 3. The Morgan fingerprint density at radius 3 is 2.81 bits per heavy atom. The van der Waals surface area contributed by atoms with Gasteiger partial charge in [-0.3, -0.25) is 19.4 Å². The van der Waals surface area contributed by atoms with Gasteiger partial charge < -0.3 is 14.0 Å². The van der Waals surface area contributed by atoms with Crippen molar-refractivity contribution in [3.05, 3.63) is 59.8 Å². The Kier molecular flexibility index (Phi) is 7.05. The van der Waals surface area contributed by atoms with Crippen LogP contribution in [0.5, 0.6) is 5.75 Å². The summed E-state index contributed by atoms with van der Waals surface area (Å²) in [5.74, 6) is -3.94. The minimum Gasteiger partial charge on any atom is -0.494 e. The Morgan fingerprint density at radius 1 is 1.25 bits per heavy atom. The first-order chi connectivity index (χ1) is 17.2. The number of nitriles is 1. The van der Waals surface area contributed by atoms with E-state index in [1.807, 2.05) is 6.92 Å². The van der Waals surface area contributed by atoms with E-state index in [1.165, 1.54) is 18.5 Å². The molecule has 0 radical (unpaired) electrons. The molecular weight excluding hydrogens is 472 g/mol. The topological polar surface area (TPSA) is 118 Å². The molecule has 1 saturated heterocycles. The molecule has 1 amide bonds. The van der Waals surface area contributed by atoms with E-state index >= 15 is 0 Å². The van der Waals surface area contributed by atoms with E-state index < -0.39 is 36.6 Å². The molecule has 0 spiro atoms. The van der Waals surface area contributed by atoms with E-state index in [1.54, 1.807) is 35.0 Å². The van der Waals surface area contributed by atoms with Crippen molar-refractivity contribution in [3.8, 4) is 11.8 Å². The summed E-state index contributed by atoms with van der Waals surface area (Å²) >= 11 is 0. The third-order valence-corrected chi connectivity index (χ3v) is 5.89. The van der Waals surface area contributed by atoms with Gasteiger partial charge in [0.15, 0.2) is 11.6 Å². The fourth-order valence-electron chi connectivity index (χ4n) is 4.15. The van der Waals surface area contributed by atoms with Crippen molar-refractivity contribution in [2.45, 2.75) is 44.6 Å². The normalized spacial score (nSPS) is 16.6. The second-order valence-corrected chi connectivity index (χ2v) is 8.47. The first kappa shape index (κ1) is 24.9. The van der Waals surface area contributed by atoms with Gasteiger partial charge in [0.25, 0.3) is 5.92 Å². The lowest BCUT2D eigenvalue weighted by molar-refractivity contribution is -0.132. The van der Waals surface area contributed by atoms with E-state index in [0.717, 1.165) is 4.90 Å². The van der Waals surface area contributed by atoms with Gasteiger partial charge in [-0.25, -0.2) is 13.8 Å². The van der Waals surface area contributed by atoms with Gasteiger partial charge in [-0.2, -0.15) is 5.26 Å². The van der Waals surface area contributed by atoms with Gasteiger partial charge in [-0.05, 0) is 24.6 Å². The summed E-state index contributed by atoms with van der Waals surface area (Å²) in [5.41, 5.74) is 1.33. The van der Waals surface area contributed by atoms with E-state index in [-0.39, 0.29) is 36.3 Å². The predicted octanol–water partition coefficient (Wildman–Crippen LogP) is 3.28. The number of pyridine rings is 2. The highest BCUT2D eigenvalue weighted by Gasteiger charge is 2.47. The molecule has 0 aliphatic carbocycles. The standard InChI is InChI=1S/C25H23F2N5O4/c1-2-36-18-6-8-31-14-20(30-23(31)10-18)22(34)9-16-13-29-7-5-19(16)21(33)3-4-24(35)32-15-25(26,27)11-17(32)12-28/h5-8,10,13-14,17H,2-4,9,11,15H2,1H3/t17-/m0/s1.